The minimum Gasteiger partial charge on any atom is -0.321 e. The van der Waals surface area contributed by atoms with Crippen LogP contribution in [-0.4, -0.2) is 56.8 Å². The molecule has 4 rings (SSSR count). The van der Waals surface area contributed by atoms with Crippen molar-refractivity contribution in [2.24, 2.45) is 5.92 Å². The smallest absolute Gasteiger partial charge is 0.265 e. The molecule has 29 heavy (non-hydrogen) atoms. The summed E-state index contributed by atoms with van der Waals surface area (Å²) in [5, 5.41) is 2.90. The van der Waals surface area contributed by atoms with Crippen molar-refractivity contribution in [3.8, 4) is 0 Å². The number of hydrogen-bond acceptors (Lipinski definition) is 5. The first kappa shape index (κ1) is 20.5. The van der Waals surface area contributed by atoms with Crippen LogP contribution in [0, 0.1) is 5.92 Å². The van der Waals surface area contributed by atoms with E-state index < -0.39 is 10.0 Å². The summed E-state index contributed by atoms with van der Waals surface area (Å²) in [7, 11) is -1.50. The Kier molecular flexibility index (Phi) is 5.79. The molecule has 1 fully saturated rings. The van der Waals surface area contributed by atoms with Crippen LogP contribution in [0.25, 0.3) is 0 Å². The van der Waals surface area contributed by atoms with E-state index in [4.69, 9.17) is 0 Å². The lowest BCUT2D eigenvalue weighted by atomic mass is 9.90. The average molecular weight is 434 g/mol. The van der Waals surface area contributed by atoms with Gasteiger partial charge in [-0.1, -0.05) is 6.92 Å². The van der Waals surface area contributed by atoms with Crippen LogP contribution >= 0.6 is 11.3 Å². The topological polar surface area (TPSA) is 69.7 Å². The zero-order valence-electron chi connectivity index (χ0n) is 16.8. The number of piperazine rings is 1. The van der Waals surface area contributed by atoms with Gasteiger partial charge in [0.1, 0.15) is 0 Å². The Hall–Kier alpha value is -1.74. The molecule has 1 saturated heterocycles. The highest BCUT2D eigenvalue weighted by molar-refractivity contribution is 7.89. The van der Waals surface area contributed by atoms with Crippen LogP contribution < -0.4 is 5.32 Å². The van der Waals surface area contributed by atoms with Crippen molar-refractivity contribution < 1.29 is 13.2 Å². The first-order valence-electron chi connectivity index (χ1n) is 10.0. The molecule has 0 bridgehead atoms. The first-order valence-corrected chi connectivity index (χ1v) is 12.3. The van der Waals surface area contributed by atoms with Gasteiger partial charge in [-0.25, -0.2) is 8.42 Å². The molecule has 1 aliphatic heterocycles. The van der Waals surface area contributed by atoms with Crippen molar-refractivity contribution in [3.05, 3.63) is 45.6 Å². The molecule has 2 aromatic rings. The Labute approximate surface area is 176 Å². The second kappa shape index (κ2) is 8.18. The van der Waals surface area contributed by atoms with Gasteiger partial charge in [0.15, 0.2) is 0 Å². The van der Waals surface area contributed by atoms with Gasteiger partial charge >= 0.3 is 0 Å². The fourth-order valence-electron chi connectivity index (χ4n) is 3.90. The first-order chi connectivity index (χ1) is 13.8. The predicted molar refractivity (Wildman–Crippen MR) is 116 cm³/mol. The second-order valence-electron chi connectivity index (χ2n) is 8.09. The average Bonchev–Trinajstić information content (AvgIpc) is 3.12. The normalized spacial score (nSPS) is 21.0. The molecule has 1 amide bonds. The van der Waals surface area contributed by atoms with Gasteiger partial charge in [-0.3, -0.25) is 4.79 Å². The van der Waals surface area contributed by atoms with E-state index in [1.807, 2.05) is 13.1 Å². The molecule has 1 atom stereocenters. The van der Waals surface area contributed by atoms with Crippen molar-refractivity contribution in [1.82, 2.24) is 9.21 Å². The number of anilines is 1. The number of nitrogens with one attached hydrogen (secondary N) is 1. The lowest BCUT2D eigenvalue weighted by Crippen LogP contribution is -2.46. The van der Waals surface area contributed by atoms with Crippen molar-refractivity contribution in [3.63, 3.8) is 0 Å². The SMILES string of the molecule is CC1CCc2sc(C(=O)Nc3ccc(S(=O)(=O)N4CCN(C)CC4)cc3)cc2C1. The van der Waals surface area contributed by atoms with E-state index in [9.17, 15) is 13.2 Å². The van der Waals surface area contributed by atoms with Gasteiger partial charge in [-0.2, -0.15) is 4.31 Å². The Bertz CT molecular complexity index is 991. The zero-order chi connectivity index (χ0) is 20.6. The maximum absolute atomic E-state index is 12.8. The standard InChI is InChI=1S/C21H27N3O3S2/c1-15-3-8-19-16(13-15)14-20(28-19)21(25)22-17-4-6-18(7-5-17)29(26,27)24-11-9-23(2)10-12-24/h4-7,14-15H,3,8-13H2,1-2H3,(H,22,25). The Morgan fingerprint density at radius 2 is 1.83 bits per heavy atom. The number of nitrogens with zero attached hydrogens (tertiary/aromatic N) is 2. The highest BCUT2D eigenvalue weighted by Crippen LogP contribution is 2.32. The van der Waals surface area contributed by atoms with Crippen LogP contribution in [0.5, 0.6) is 0 Å². The van der Waals surface area contributed by atoms with Gasteiger partial charge in [-0.15, -0.1) is 11.3 Å². The van der Waals surface area contributed by atoms with Crippen molar-refractivity contribution in [2.45, 2.75) is 31.1 Å². The summed E-state index contributed by atoms with van der Waals surface area (Å²) in [6.45, 7) is 4.71. The number of rotatable bonds is 4. The van der Waals surface area contributed by atoms with Crippen LogP contribution in [-0.2, 0) is 22.9 Å². The van der Waals surface area contributed by atoms with Gasteiger partial charge in [0.2, 0.25) is 10.0 Å². The molecule has 1 unspecified atom stereocenters. The summed E-state index contributed by atoms with van der Waals surface area (Å²) >= 11 is 1.57. The Morgan fingerprint density at radius 1 is 1.14 bits per heavy atom. The van der Waals surface area contributed by atoms with Gasteiger partial charge in [0.05, 0.1) is 9.77 Å². The molecule has 0 radical (unpaired) electrons. The van der Waals surface area contributed by atoms with Crippen molar-refractivity contribution >= 4 is 33.0 Å². The maximum Gasteiger partial charge on any atom is 0.265 e. The Morgan fingerprint density at radius 3 is 2.52 bits per heavy atom. The van der Waals surface area contributed by atoms with Gasteiger partial charge in [0, 0.05) is 36.7 Å². The van der Waals surface area contributed by atoms with Crippen LogP contribution in [0.1, 0.15) is 33.5 Å². The molecule has 2 heterocycles. The molecule has 1 aromatic heterocycles. The van der Waals surface area contributed by atoms with E-state index in [2.05, 4.69) is 17.1 Å². The number of carbonyl (C=O) groups is 1. The van der Waals surface area contributed by atoms with Crippen LogP contribution in [0.3, 0.4) is 0 Å². The highest BCUT2D eigenvalue weighted by atomic mass is 32.2. The minimum absolute atomic E-state index is 0.133. The summed E-state index contributed by atoms with van der Waals surface area (Å²) in [4.78, 5) is 17.1. The summed E-state index contributed by atoms with van der Waals surface area (Å²) < 4.78 is 27.1. The number of carbonyl (C=O) groups excluding carboxylic acids is 1. The molecule has 1 aromatic carbocycles. The van der Waals surface area contributed by atoms with E-state index in [1.54, 1.807) is 35.6 Å². The molecule has 1 N–H and O–H groups in total. The van der Waals surface area contributed by atoms with E-state index >= 15 is 0 Å². The quantitative estimate of drug-likeness (QED) is 0.805. The van der Waals surface area contributed by atoms with Gasteiger partial charge < -0.3 is 10.2 Å². The molecule has 0 saturated carbocycles. The van der Waals surface area contributed by atoms with E-state index in [-0.39, 0.29) is 10.8 Å². The summed E-state index contributed by atoms with van der Waals surface area (Å²) in [6, 6.07) is 8.48. The number of hydrogen-bond donors (Lipinski definition) is 1. The Balaban J connectivity index is 1.44. The molecule has 6 nitrogen and oxygen atoms in total. The molecular formula is C21H27N3O3S2. The van der Waals surface area contributed by atoms with E-state index in [0.717, 1.165) is 30.8 Å². The maximum atomic E-state index is 12.8. The fourth-order valence-corrected chi connectivity index (χ4v) is 6.42. The number of aryl methyl sites for hydroxylation is 1. The van der Waals surface area contributed by atoms with Crippen molar-refractivity contribution in [2.75, 3.05) is 38.5 Å². The molecular weight excluding hydrogens is 406 g/mol. The van der Waals surface area contributed by atoms with Crippen LogP contribution in [0.2, 0.25) is 0 Å². The van der Waals surface area contributed by atoms with Gasteiger partial charge in [-0.05, 0) is 68.1 Å². The van der Waals surface area contributed by atoms with Crippen LogP contribution in [0.4, 0.5) is 5.69 Å². The third-order valence-corrected chi connectivity index (χ3v) is 8.91. The summed E-state index contributed by atoms with van der Waals surface area (Å²) in [6.07, 6.45) is 3.27. The summed E-state index contributed by atoms with van der Waals surface area (Å²) in [5.74, 6) is 0.537. The number of fused-ring (bicyclic) bond motifs is 1. The van der Waals surface area contributed by atoms with Crippen LogP contribution in [0.15, 0.2) is 35.2 Å². The third kappa shape index (κ3) is 4.40. The zero-order valence-corrected chi connectivity index (χ0v) is 18.5. The van der Waals surface area contributed by atoms with E-state index in [1.165, 1.54) is 21.2 Å². The van der Waals surface area contributed by atoms with E-state index in [0.29, 0.717) is 24.7 Å². The molecule has 156 valence electrons. The number of thiophene rings is 1. The third-order valence-electron chi connectivity index (χ3n) is 5.77. The second-order valence-corrected chi connectivity index (χ2v) is 11.2. The highest BCUT2D eigenvalue weighted by Gasteiger charge is 2.27. The number of benzene rings is 1. The van der Waals surface area contributed by atoms with Crippen molar-refractivity contribution in [1.29, 1.82) is 0 Å². The molecule has 1 aliphatic carbocycles. The molecule has 2 aliphatic rings. The lowest BCUT2D eigenvalue weighted by molar-refractivity contribution is 0.103. The predicted octanol–water partition coefficient (Wildman–Crippen LogP) is 3.06. The largest absolute Gasteiger partial charge is 0.321 e. The number of likely N-dealkylation sites (N-methyl/N-ethyl adjacent to an activating group) is 1. The summed E-state index contributed by atoms with van der Waals surface area (Å²) in [5.41, 5.74) is 1.90. The molecule has 0 spiro atoms. The lowest BCUT2D eigenvalue weighted by Gasteiger charge is -2.31. The fraction of sp³-hybridized carbons (Fsp3) is 0.476. The minimum atomic E-state index is -3.49. The number of amides is 1. The van der Waals surface area contributed by atoms with Gasteiger partial charge in [0.25, 0.3) is 5.91 Å². The number of sulfonamides is 1. The monoisotopic (exact) mass is 433 g/mol. The molecule has 8 heteroatoms.